The maximum Gasteiger partial charge on any atom is 0.488 e. The molecule has 2 N–H and O–H groups in total. The lowest BCUT2D eigenvalue weighted by molar-refractivity contribution is 0.272. The minimum atomic E-state index is -1.45. The van der Waals surface area contributed by atoms with Gasteiger partial charge in [0.1, 0.15) is 0 Å². The summed E-state index contributed by atoms with van der Waals surface area (Å²) in [6, 6.07) is 27.4. The third kappa shape index (κ3) is 3.23. The predicted octanol–water partition coefficient (Wildman–Crippen LogP) is 4.29. The van der Waals surface area contributed by atoms with Crippen LogP contribution in [0.15, 0.2) is 78.9 Å². The Morgan fingerprint density at radius 2 is 1.30 bits per heavy atom. The first-order chi connectivity index (χ1) is 14.7. The van der Waals surface area contributed by atoms with Crippen molar-refractivity contribution < 1.29 is 10.0 Å². The summed E-state index contributed by atoms with van der Waals surface area (Å²) in [6.45, 7) is 4.50. The zero-order valence-corrected chi connectivity index (χ0v) is 17.0. The molecule has 0 saturated carbocycles. The summed E-state index contributed by atoms with van der Waals surface area (Å²) in [5, 5.41) is 27.2. The van der Waals surface area contributed by atoms with Crippen LogP contribution in [0, 0.1) is 0 Å². The van der Waals surface area contributed by atoms with Crippen LogP contribution < -0.4 is 5.46 Å². The van der Waals surface area contributed by atoms with E-state index in [0.717, 1.165) is 18.7 Å². The predicted molar refractivity (Wildman–Crippen MR) is 126 cm³/mol. The summed E-state index contributed by atoms with van der Waals surface area (Å²) in [7, 11) is -1.45. The Labute approximate surface area is 176 Å². The first kappa shape index (κ1) is 19.1. The van der Waals surface area contributed by atoms with E-state index in [4.69, 9.17) is 0 Å². The molecule has 0 aliphatic heterocycles. The van der Waals surface area contributed by atoms with E-state index >= 15 is 0 Å². The van der Waals surface area contributed by atoms with E-state index in [9.17, 15) is 10.0 Å². The van der Waals surface area contributed by atoms with Gasteiger partial charge in [0, 0.05) is 13.1 Å². The van der Waals surface area contributed by atoms with Crippen molar-refractivity contribution in [3.8, 4) is 0 Å². The number of nitrogens with zero attached hydrogens (tertiary/aromatic N) is 1. The number of hydrogen-bond donors (Lipinski definition) is 2. The quantitative estimate of drug-likeness (QED) is 0.334. The van der Waals surface area contributed by atoms with E-state index in [-0.39, 0.29) is 0 Å². The van der Waals surface area contributed by atoms with E-state index in [1.165, 1.54) is 37.9 Å². The molecule has 0 amide bonds. The molecular formula is C26H24BNO2. The average molecular weight is 393 g/mol. The third-order valence-electron chi connectivity index (χ3n) is 6.19. The van der Waals surface area contributed by atoms with Gasteiger partial charge in [-0.2, -0.15) is 0 Å². The molecule has 4 heteroatoms. The first-order valence-corrected chi connectivity index (χ1v) is 10.5. The summed E-state index contributed by atoms with van der Waals surface area (Å²) < 4.78 is 0. The van der Waals surface area contributed by atoms with Gasteiger partial charge in [0.15, 0.2) is 0 Å². The molecule has 5 rings (SSSR count). The van der Waals surface area contributed by atoms with Crippen LogP contribution >= 0.6 is 0 Å². The molecular weight excluding hydrogens is 369 g/mol. The fourth-order valence-corrected chi connectivity index (χ4v) is 4.62. The first-order valence-electron chi connectivity index (χ1n) is 10.5. The molecule has 0 unspecified atom stereocenters. The highest BCUT2D eigenvalue weighted by Gasteiger charge is 2.18. The van der Waals surface area contributed by atoms with Gasteiger partial charge in [0.2, 0.25) is 0 Å². The van der Waals surface area contributed by atoms with Crippen LogP contribution in [0.3, 0.4) is 0 Å². The second-order valence-electron chi connectivity index (χ2n) is 7.96. The Morgan fingerprint density at radius 3 is 2.03 bits per heavy atom. The minimum Gasteiger partial charge on any atom is -0.423 e. The molecule has 0 aliphatic carbocycles. The Hall–Kier alpha value is -2.92. The standard InChI is InChI=1S/C26H24BNO2/c1-2-28(17-22-6-3-4-9-24(22)27(29)30)16-21-13-12-20-11-10-18-7-5-8-19-14-15-23(21)26(20)25(18)19/h3-15,29-30H,2,16-17H2,1H3. The zero-order valence-electron chi connectivity index (χ0n) is 17.0. The molecule has 0 atom stereocenters. The molecule has 148 valence electrons. The van der Waals surface area contributed by atoms with Gasteiger partial charge in [-0.15, -0.1) is 0 Å². The van der Waals surface area contributed by atoms with Crippen molar-refractivity contribution in [2.75, 3.05) is 6.54 Å². The highest BCUT2D eigenvalue weighted by molar-refractivity contribution is 6.59. The molecule has 0 fully saturated rings. The molecule has 3 nitrogen and oxygen atoms in total. The molecule has 5 aromatic rings. The molecule has 0 saturated heterocycles. The highest BCUT2D eigenvalue weighted by Crippen LogP contribution is 2.36. The molecule has 0 bridgehead atoms. The van der Waals surface area contributed by atoms with Gasteiger partial charge < -0.3 is 10.0 Å². The number of benzene rings is 5. The van der Waals surface area contributed by atoms with Gasteiger partial charge in [-0.25, -0.2) is 0 Å². The van der Waals surface area contributed by atoms with Crippen LogP contribution in [-0.4, -0.2) is 28.6 Å². The molecule has 0 aromatic heterocycles. The van der Waals surface area contributed by atoms with E-state index in [2.05, 4.69) is 66.4 Å². The zero-order chi connectivity index (χ0) is 20.7. The lowest BCUT2D eigenvalue weighted by atomic mass is 9.77. The van der Waals surface area contributed by atoms with Crippen molar-refractivity contribution in [2.24, 2.45) is 0 Å². The van der Waals surface area contributed by atoms with E-state index in [0.29, 0.717) is 12.0 Å². The van der Waals surface area contributed by atoms with Crippen molar-refractivity contribution in [2.45, 2.75) is 20.0 Å². The van der Waals surface area contributed by atoms with E-state index < -0.39 is 7.12 Å². The van der Waals surface area contributed by atoms with Crippen molar-refractivity contribution in [1.29, 1.82) is 0 Å². The van der Waals surface area contributed by atoms with Crippen molar-refractivity contribution in [3.63, 3.8) is 0 Å². The minimum absolute atomic E-state index is 0.575. The Bertz CT molecular complexity index is 1320. The summed E-state index contributed by atoms with van der Waals surface area (Å²) in [4.78, 5) is 2.34. The molecule has 5 aromatic carbocycles. The SMILES string of the molecule is CCN(Cc1ccccc1B(O)O)Cc1ccc2ccc3cccc4ccc1c2c34. The van der Waals surface area contributed by atoms with E-state index in [1.54, 1.807) is 6.07 Å². The summed E-state index contributed by atoms with van der Waals surface area (Å²) in [5.41, 5.74) is 2.82. The van der Waals surface area contributed by atoms with E-state index in [1.807, 2.05) is 18.2 Å². The lowest BCUT2D eigenvalue weighted by Gasteiger charge is -2.23. The fourth-order valence-electron chi connectivity index (χ4n) is 4.62. The van der Waals surface area contributed by atoms with Crippen LogP contribution in [0.5, 0.6) is 0 Å². The normalized spacial score (nSPS) is 11.9. The maximum absolute atomic E-state index is 9.72. The van der Waals surface area contributed by atoms with Gasteiger partial charge >= 0.3 is 7.12 Å². The van der Waals surface area contributed by atoms with Gasteiger partial charge in [-0.3, -0.25) is 4.90 Å². The van der Waals surface area contributed by atoms with Crippen molar-refractivity contribution in [1.82, 2.24) is 4.90 Å². The number of rotatable bonds is 6. The summed E-state index contributed by atoms with van der Waals surface area (Å²) in [6.07, 6.45) is 0. The summed E-state index contributed by atoms with van der Waals surface area (Å²) >= 11 is 0. The third-order valence-corrected chi connectivity index (χ3v) is 6.19. The fraction of sp³-hybridized carbons (Fsp3) is 0.154. The van der Waals surface area contributed by atoms with Crippen LogP contribution in [0.4, 0.5) is 0 Å². The Morgan fingerprint density at radius 1 is 0.667 bits per heavy atom. The Kier molecular flexibility index (Phi) is 4.91. The van der Waals surface area contributed by atoms with Gasteiger partial charge in [-0.1, -0.05) is 85.8 Å². The van der Waals surface area contributed by atoms with Crippen LogP contribution in [-0.2, 0) is 13.1 Å². The van der Waals surface area contributed by atoms with Crippen LogP contribution in [0.2, 0.25) is 0 Å². The van der Waals surface area contributed by atoms with Gasteiger partial charge in [0.25, 0.3) is 0 Å². The maximum atomic E-state index is 9.72. The van der Waals surface area contributed by atoms with Crippen LogP contribution in [0.25, 0.3) is 32.3 Å². The molecule has 30 heavy (non-hydrogen) atoms. The topological polar surface area (TPSA) is 43.7 Å². The molecule has 0 spiro atoms. The van der Waals surface area contributed by atoms with Crippen LogP contribution in [0.1, 0.15) is 18.1 Å². The average Bonchev–Trinajstić information content (AvgIpc) is 2.78. The lowest BCUT2D eigenvalue weighted by Crippen LogP contribution is -2.35. The molecule has 0 radical (unpaired) electrons. The number of hydrogen-bond acceptors (Lipinski definition) is 3. The second-order valence-corrected chi connectivity index (χ2v) is 7.96. The Balaban J connectivity index is 1.56. The van der Waals surface area contributed by atoms with Gasteiger partial charge in [-0.05, 0) is 55.5 Å². The highest BCUT2D eigenvalue weighted by atomic mass is 16.4. The largest absolute Gasteiger partial charge is 0.488 e. The van der Waals surface area contributed by atoms with Gasteiger partial charge in [0.05, 0.1) is 0 Å². The molecule has 0 heterocycles. The van der Waals surface area contributed by atoms with Crippen molar-refractivity contribution >= 4 is 44.9 Å². The smallest absolute Gasteiger partial charge is 0.423 e. The summed E-state index contributed by atoms with van der Waals surface area (Å²) in [5.74, 6) is 0. The van der Waals surface area contributed by atoms with Crippen molar-refractivity contribution in [3.05, 3.63) is 90.0 Å². The monoisotopic (exact) mass is 393 g/mol. The molecule has 0 aliphatic rings. The second kappa shape index (κ2) is 7.73.